The Morgan fingerprint density at radius 2 is 2.04 bits per heavy atom. The summed E-state index contributed by atoms with van der Waals surface area (Å²) in [6.45, 7) is 3.86. The van der Waals surface area contributed by atoms with Gasteiger partial charge in [-0.3, -0.25) is 0 Å². The molecular formula is C19H23FN4S. The van der Waals surface area contributed by atoms with E-state index >= 15 is 0 Å². The van der Waals surface area contributed by atoms with Crippen molar-refractivity contribution in [1.29, 1.82) is 0 Å². The molecule has 0 saturated carbocycles. The van der Waals surface area contributed by atoms with Crippen molar-refractivity contribution >= 4 is 28.8 Å². The van der Waals surface area contributed by atoms with Gasteiger partial charge in [0, 0.05) is 19.1 Å². The number of rotatable bonds is 4. The average molecular weight is 358 g/mol. The highest BCUT2D eigenvalue weighted by atomic mass is 32.1. The predicted octanol–water partition coefficient (Wildman–Crippen LogP) is 4.09. The average Bonchev–Trinajstić information content (AvgIpc) is 2.62. The Kier molecular flexibility index (Phi) is 5.81. The number of thiocarbonyl (C=S) groups is 1. The Labute approximate surface area is 153 Å². The van der Waals surface area contributed by atoms with Gasteiger partial charge in [0.15, 0.2) is 5.11 Å². The molecule has 25 heavy (non-hydrogen) atoms. The van der Waals surface area contributed by atoms with Crippen LogP contribution in [-0.2, 0) is 6.54 Å². The van der Waals surface area contributed by atoms with E-state index in [1.165, 1.54) is 31.4 Å². The highest BCUT2D eigenvalue weighted by molar-refractivity contribution is 7.80. The Morgan fingerprint density at radius 1 is 1.24 bits per heavy atom. The van der Waals surface area contributed by atoms with Crippen LogP contribution < -0.4 is 15.5 Å². The standard InChI is InChI=1S/C19H23FN4S/c1-14-4-2-3-11-24(14)18-10-9-17(13-21-18)23-19(25)22-12-15-5-7-16(20)8-6-15/h5-10,13-14H,2-4,11-12H2,1H3,(H2,22,23,25). The van der Waals surface area contributed by atoms with Gasteiger partial charge >= 0.3 is 0 Å². The normalized spacial score (nSPS) is 17.2. The van der Waals surface area contributed by atoms with E-state index in [9.17, 15) is 4.39 Å². The largest absolute Gasteiger partial charge is 0.358 e. The van der Waals surface area contributed by atoms with Gasteiger partial charge in [-0.15, -0.1) is 0 Å². The van der Waals surface area contributed by atoms with Crippen molar-refractivity contribution in [3.05, 3.63) is 54.0 Å². The van der Waals surface area contributed by atoms with Crippen LogP contribution in [0, 0.1) is 5.82 Å². The van der Waals surface area contributed by atoms with Crippen LogP contribution in [0.1, 0.15) is 31.7 Å². The molecule has 1 aromatic heterocycles. The Balaban J connectivity index is 1.52. The molecule has 1 atom stereocenters. The number of nitrogens with zero attached hydrogens (tertiary/aromatic N) is 2. The number of aromatic nitrogens is 1. The molecule has 1 fully saturated rings. The van der Waals surface area contributed by atoms with Crippen LogP contribution in [0.25, 0.3) is 0 Å². The van der Waals surface area contributed by atoms with E-state index in [2.05, 4.69) is 27.4 Å². The maximum absolute atomic E-state index is 12.9. The van der Waals surface area contributed by atoms with Crippen LogP contribution >= 0.6 is 12.2 Å². The predicted molar refractivity (Wildman–Crippen MR) is 104 cm³/mol. The second kappa shape index (κ2) is 8.25. The topological polar surface area (TPSA) is 40.2 Å². The molecule has 1 aliphatic heterocycles. The lowest BCUT2D eigenvalue weighted by Gasteiger charge is -2.34. The molecule has 3 rings (SSSR count). The fraction of sp³-hybridized carbons (Fsp3) is 0.368. The molecule has 1 aromatic carbocycles. The van der Waals surface area contributed by atoms with E-state index in [0.29, 0.717) is 17.7 Å². The van der Waals surface area contributed by atoms with E-state index in [0.717, 1.165) is 23.6 Å². The zero-order chi connectivity index (χ0) is 17.6. The SMILES string of the molecule is CC1CCCCN1c1ccc(NC(=S)NCc2ccc(F)cc2)cn1. The van der Waals surface area contributed by atoms with Gasteiger partial charge < -0.3 is 15.5 Å². The minimum absolute atomic E-state index is 0.237. The highest BCUT2D eigenvalue weighted by Crippen LogP contribution is 2.23. The number of piperidine rings is 1. The summed E-state index contributed by atoms with van der Waals surface area (Å²) < 4.78 is 12.9. The molecule has 0 amide bonds. The summed E-state index contributed by atoms with van der Waals surface area (Å²) in [7, 11) is 0. The van der Waals surface area contributed by atoms with Gasteiger partial charge in [-0.1, -0.05) is 12.1 Å². The number of benzene rings is 1. The number of hydrogen-bond donors (Lipinski definition) is 2. The van der Waals surface area contributed by atoms with Gasteiger partial charge in [-0.2, -0.15) is 0 Å². The molecule has 2 aromatic rings. The molecule has 0 radical (unpaired) electrons. The Morgan fingerprint density at radius 3 is 2.72 bits per heavy atom. The fourth-order valence-corrected chi connectivity index (χ4v) is 3.22. The Hall–Kier alpha value is -2.21. The second-order valence-electron chi connectivity index (χ2n) is 6.38. The van der Waals surface area contributed by atoms with Crippen LogP contribution in [0.15, 0.2) is 42.6 Å². The molecule has 132 valence electrons. The smallest absolute Gasteiger partial charge is 0.171 e. The molecule has 0 spiro atoms. The first kappa shape index (κ1) is 17.6. The van der Waals surface area contributed by atoms with E-state index in [4.69, 9.17) is 12.2 Å². The molecule has 2 N–H and O–H groups in total. The van der Waals surface area contributed by atoms with Crippen LogP contribution in [-0.4, -0.2) is 22.7 Å². The summed E-state index contributed by atoms with van der Waals surface area (Å²) in [4.78, 5) is 6.93. The summed E-state index contributed by atoms with van der Waals surface area (Å²) in [6.07, 6.45) is 5.55. The van der Waals surface area contributed by atoms with Crippen LogP contribution in [0.2, 0.25) is 0 Å². The lowest BCUT2D eigenvalue weighted by molar-refractivity contribution is 0.481. The van der Waals surface area contributed by atoms with E-state index in [1.54, 1.807) is 12.1 Å². The van der Waals surface area contributed by atoms with Gasteiger partial charge in [0.05, 0.1) is 11.9 Å². The van der Waals surface area contributed by atoms with Crippen molar-refractivity contribution in [3.8, 4) is 0 Å². The van der Waals surface area contributed by atoms with Crippen LogP contribution in [0.4, 0.5) is 15.9 Å². The van der Waals surface area contributed by atoms with Gasteiger partial charge in [-0.25, -0.2) is 9.37 Å². The van der Waals surface area contributed by atoms with Crippen LogP contribution in [0.5, 0.6) is 0 Å². The molecule has 0 bridgehead atoms. The summed E-state index contributed by atoms with van der Waals surface area (Å²) in [5.41, 5.74) is 1.82. The van der Waals surface area contributed by atoms with Gasteiger partial charge in [0.1, 0.15) is 11.6 Å². The molecule has 2 heterocycles. The van der Waals surface area contributed by atoms with E-state index in [-0.39, 0.29) is 5.82 Å². The number of hydrogen-bond acceptors (Lipinski definition) is 3. The van der Waals surface area contributed by atoms with E-state index in [1.807, 2.05) is 18.3 Å². The number of halogens is 1. The number of anilines is 2. The maximum Gasteiger partial charge on any atom is 0.171 e. The summed E-state index contributed by atoms with van der Waals surface area (Å²) in [5.74, 6) is 0.779. The molecular weight excluding hydrogens is 335 g/mol. The fourth-order valence-electron chi connectivity index (χ4n) is 3.03. The Bertz CT molecular complexity index is 702. The second-order valence-corrected chi connectivity index (χ2v) is 6.79. The molecule has 0 aliphatic carbocycles. The molecule has 1 saturated heterocycles. The lowest BCUT2D eigenvalue weighted by atomic mass is 10.0. The molecule has 1 aliphatic rings. The van der Waals surface area contributed by atoms with Crippen molar-refractivity contribution in [2.24, 2.45) is 0 Å². The van der Waals surface area contributed by atoms with Crippen molar-refractivity contribution < 1.29 is 4.39 Å². The summed E-state index contributed by atoms with van der Waals surface area (Å²) in [5, 5.41) is 6.76. The minimum atomic E-state index is -0.237. The quantitative estimate of drug-likeness (QED) is 0.806. The molecule has 6 heteroatoms. The van der Waals surface area contributed by atoms with Gasteiger partial charge in [0.2, 0.25) is 0 Å². The van der Waals surface area contributed by atoms with Gasteiger partial charge in [0.25, 0.3) is 0 Å². The third-order valence-corrected chi connectivity index (χ3v) is 4.72. The first-order valence-corrected chi connectivity index (χ1v) is 9.04. The van der Waals surface area contributed by atoms with Crippen LogP contribution in [0.3, 0.4) is 0 Å². The van der Waals surface area contributed by atoms with Crippen molar-refractivity contribution in [3.63, 3.8) is 0 Å². The number of nitrogens with one attached hydrogen (secondary N) is 2. The first-order chi connectivity index (χ1) is 12.1. The minimum Gasteiger partial charge on any atom is -0.358 e. The monoisotopic (exact) mass is 358 g/mol. The third kappa shape index (κ3) is 4.89. The zero-order valence-electron chi connectivity index (χ0n) is 14.3. The third-order valence-electron chi connectivity index (χ3n) is 4.47. The zero-order valence-corrected chi connectivity index (χ0v) is 15.2. The van der Waals surface area contributed by atoms with E-state index < -0.39 is 0 Å². The summed E-state index contributed by atoms with van der Waals surface area (Å²) >= 11 is 5.30. The highest BCUT2D eigenvalue weighted by Gasteiger charge is 2.19. The number of pyridine rings is 1. The van der Waals surface area contributed by atoms with Crippen molar-refractivity contribution in [1.82, 2.24) is 10.3 Å². The maximum atomic E-state index is 12.9. The van der Waals surface area contributed by atoms with Gasteiger partial charge in [-0.05, 0) is 68.2 Å². The van der Waals surface area contributed by atoms with Crippen molar-refractivity contribution in [2.75, 3.05) is 16.8 Å². The molecule has 1 unspecified atom stereocenters. The lowest BCUT2D eigenvalue weighted by Crippen LogP contribution is -2.37. The first-order valence-electron chi connectivity index (χ1n) is 8.64. The molecule has 4 nitrogen and oxygen atoms in total. The summed E-state index contributed by atoms with van der Waals surface area (Å²) in [6, 6.07) is 10.9. The van der Waals surface area contributed by atoms with Crippen molar-refractivity contribution in [2.45, 2.75) is 38.8 Å².